The summed E-state index contributed by atoms with van der Waals surface area (Å²) < 4.78 is 10.8. The number of hydrogen-bond acceptors (Lipinski definition) is 5. The summed E-state index contributed by atoms with van der Waals surface area (Å²) in [5.41, 5.74) is 2.38. The lowest BCUT2D eigenvalue weighted by atomic mass is 10.1. The maximum atomic E-state index is 12.8. The lowest BCUT2D eigenvalue weighted by molar-refractivity contribution is -0.141. The molecule has 4 rings (SSSR count). The number of hydrogen-bond donors (Lipinski definition) is 1. The number of nitrogens with one attached hydrogen (secondary N) is 1. The number of aryl methyl sites for hydroxylation is 2. The van der Waals surface area contributed by atoms with E-state index in [0.29, 0.717) is 37.9 Å². The molecule has 1 saturated heterocycles. The van der Waals surface area contributed by atoms with Crippen LogP contribution < -0.4 is 0 Å². The maximum Gasteiger partial charge on any atom is 0.251 e. The van der Waals surface area contributed by atoms with Gasteiger partial charge < -0.3 is 19.1 Å². The van der Waals surface area contributed by atoms with Crippen molar-refractivity contribution in [3.05, 3.63) is 47.7 Å². The molecule has 1 aliphatic heterocycles. The van der Waals surface area contributed by atoms with Gasteiger partial charge in [0.25, 0.3) is 5.89 Å². The number of ether oxygens (including phenoxy) is 1. The van der Waals surface area contributed by atoms with Gasteiger partial charge >= 0.3 is 0 Å². The van der Waals surface area contributed by atoms with E-state index in [4.69, 9.17) is 9.26 Å². The highest BCUT2D eigenvalue weighted by molar-refractivity contribution is 5.83. The number of aromatic nitrogens is 3. The number of carbonyl (C=O) groups is 1. The maximum absolute atomic E-state index is 12.8. The van der Waals surface area contributed by atoms with E-state index < -0.39 is 0 Å². The molecule has 7 nitrogen and oxygen atoms in total. The summed E-state index contributed by atoms with van der Waals surface area (Å²) in [7, 11) is 0. The van der Waals surface area contributed by atoms with E-state index in [1.807, 2.05) is 23.2 Å². The fraction of sp³-hybridized carbons (Fsp3) is 0.421. The Morgan fingerprint density at radius 3 is 3.12 bits per heavy atom. The zero-order chi connectivity index (χ0) is 17.9. The average Bonchev–Trinajstić information content (AvgIpc) is 3.28. The first-order valence-electron chi connectivity index (χ1n) is 8.95. The first-order chi connectivity index (χ1) is 12.7. The Balaban J connectivity index is 1.39. The number of fused-ring (bicyclic) bond motifs is 1. The van der Waals surface area contributed by atoms with Crippen molar-refractivity contribution >= 4 is 16.8 Å². The van der Waals surface area contributed by atoms with Crippen LogP contribution in [0.2, 0.25) is 0 Å². The second kappa shape index (κ2) is 7.29. The summed E-state index contributed by atoms with van der Waals surface area (Å²) in [5, 5.41) is 5.05. The molecule has 1 aromatic carbocycles. The largest absolute Gasteiger partial charge is 0.377 e. The van der Waals surface area contributed by atoms with E-state index in [0.717, 1.165) is 18.4 Å². The minimum absolute atomic E-state index is 0.106. The fourth-order valence-corrected chi connectivity index (χ4v) is 3.47. The third-order valence-electron chi connectivity index (χ3n) is 4.79. The molecule has 2 aromatic heterocycles. The minimum atomic E-state index is -0.287. The van der Waals surface area contributed by atoms with E-state index >= 15 is 0 Å². The van der Waals surface area contributed by atoms with Crippen molar-refractivity contribution in [2.75, 3.05) is 19.8 Å². The average molecular weight is 354 g/mol. The summed E-state index contributed by atoms with van der Waals surface area (Å²) in [6.07, 6.45) is 4.19. The molecule has 1 fully saturated rings. The van der Waals surface area contributed by atoms with Gasteiger partial charge in [-0.2, -0.15) is 4.98 Å². The Morgan fingerprint density at radius 2 is 2.27 bits per heavy atom. The van der Waals surface area contributed by atoms with Crippen molar-refractivity contribution in [2.45, 2.75) is 32.2 Å². The van der Waals surface area contributed by atoms with Crippen LogP contribution >= 0.6 is 0 Å². The third kappa shape index (κ3) is 3.35. The number of aromatic amines is 1. The van der Waals surface area contributed by atoms with Gasteiger partial charge in [0.15, 0.2) is 5.82 Å². The van der Waals surface area contributed by atoms with Gasteiger partial charge in [-0.3, -0.25) is 4.79 Å². The molecule has 0 radical (unpaired) electrons. The van der Waals surface area contributed by atoms with E-state index in [9.17, 15) is 4.79 Å². The van der Waals surface area contributed by atoms with Crippen LogP contribution in [0.3, 0.4) is 0 Å². The summed E-state index contributed by atoms with van der Waals surface area (Å²) >= 11 is 0. The molecule has 0 aliphatic carbocycles. The molecule has 0 spiro atoms. The van der Waals surface area contributed by atoms with Gasteiger partial charge in [-0.25, -0.2) is 0 Å². The van der Waals surface area contributed by atoms with Crippen molar-refractivity contribution in [3.8, 4) is 0 Å². The Kier molecular flexibility index (Phi) is 4.71. The summed E-state index contributed by atoms with van der Waals surface area (Å²) in [6.45, 7) is 3.26. The molecule has 0 saturated carbocycles. The topological polar surface area (TPSA) is 84.3 Å². The number of H-pyrrole nitrogens is 1. The molecule has 1 aliphatic rings. The molecule has 1 amide bonds. The van der Waals surface area contributed by atoms with Crippen molar-refractivity contribution in [2.24, 2.45) is 0 Å². The molecule has 0 bridgehead atoms. The zero-order valence-electron chi connectivity index (χ0n) is 14.8. The lowest BCUT2D eigenvalue weighted by Crippen LogP contribution is -2.43. The molecular weight excluding hydrogens is 332 g/mol. The number of amides is 1. The molecular formula is C19H22N4O3. The SMILES string of the molecule is Cc1noc(C2COCCN2C(=O)CCCc2c[nH]c3ccccc23)n1. The van der Waals surface area contributed by atoms with Gasteiger partial charge in [0.1, 0.15) is 6.04 Å². The number of nitrogens with zero attached hydrogens (tertiary/aromatic N) is 3. The predicted octanol–water partition coefficient (Wildman–Crippen LogP) is 2.78. The Morgan fingerprint density at radius 1 is 1.38 bits per heavy atom. The first-order valence-corrected chi connectivity index (χ1v) is 8.95. The number of para-hydroxylation sites is 1. The quantitative estimate of drug-likeness (QED) is 0.762. The molecule has 3 aromatic rings. The molecule has 7 heteroatoms. The number of morpholine rings is 1. The van der Waals surface area contributed by atoms with Crippen molar-refractivity contribution in [1.29, 1.82) is 0 Å². The molecule has 1 N–H and O–H groups in total. The molecule has 1 atom stereocenters. The van der Waals surface area contributed by atoms with Crippen molar-refractivity contribution in [3.63, 3.8) is 0 Å². The summed E-state index contributed by atoms with van der Waals surface area (Å²) in [4.78, 5) is 22.1. The van der Waals surface area contributed by atoms with Gasteiger partial charge in [-0.1, -0.05) is 23.4 Å². The minimum Gasteiger partial charge on any atom is -0.377 e. The zero-order valence-corrected chi connectivity index (χ0v) is 14.8. The van der Waals surface area contributed by atoms with E-state index in [2.05, 4.69) is 27.3 Å². The number of benzene rings is 1. The van der Waals surface area contributed by atoms with Crippen LogP contribution in [0.5, 0.6) is 0 Å². The van der Waals surface area contributed by atoms with Gasteiger partial charge in [-0.05, 0) is 31.4 Å². The van der Waals surface area contributed by atoms with E-state index in [1.165, 1.54) is 10.9 Å². The Hall–Kier alpha value is -2.67. The van der Waals surface area contributed by atoms with E-state index in [1.54, 1.807) is 6.92 Å². The smallest absolute Gasteiger partial charge is 0.251 e. The van der Waals surface area contributed by atoms with Crippen LogP contribution in [0.4, 0.5) is 0 Å². The van der Waals surface area contributed by atoms with Crippen molar-refractivity contribution < 1.29 is 14.1 Å². The second-order valence-corrected chi connectivity index (χ2v) is 6.57. The van der Waals surface area contributed by atoms with Crippen LogP contribution in [0, 0.1) is 6.92 Å². The number of carbonyl (C=O) groups excluding carboxylic acids is 1. The Labute approximate surface area is 151 Å². The summed E-state index contributed by atoms with van der Waals surface area (Å²) in [6, 6.07) is 7.94. The lowest BCUT2D eigenvalue weighted by Gasteiger charge is -2.33. The predicted molar refractivity (Wildman–Crippen MR) is 95.5 cm³/mol. The normalized spacial score (nSPS) is 17.7. The highest BCUT2D eigenvalue weighted by Crippen LogP contribution is 2.25. The molecule has 136 valence electrons. The van der Waals surface area contributed by atoms with Crippen LogP contribution in [-0.4, -0.2) is 45.7 Å². The van der Waals surface area contributed by atoms with Crippen LogP contribution in [0.25, 0.3) is 10.9 Å². The molecule has 1 unspecified atom stereocenters. The number of rotatable bonds is 5. The first kappa shape index (κ1) is 16.8. The summed E-state index contributed by atoms with van der Waals surface area (Å²) in [5.74, 6) is 1.12. The fourth-order valence-electron chi connectivity index (χ4n) is 3.47. The third-order valence-corrected chi connectivity index (χ3v) is 4.79. The Bertz CT molecular complexity index is 901. The van der Waals surface area contributed by atoms with Crippen LogP contribution in [0.15, 0.2) is 35.0 Å². The molecule has 3 heterocycles. The standard InChI is InChI=1S/C19H22N4O3/c1-13-21-19(26-22-13)17-12-25-10-9-23(17)18(24)8-4-5-14-11-20-16-7-3-2-6-15(14)16/h2-3,6-7,11,17,20H,4-5,8-10,12H2,1H3. The molecule has 26 heavy (non-hydrogen) atoms. The van der Waals surface area contributed by atoms with Crippen LogP contribution in [-0.2, 0) is 16.0 Å². The van der Waals surface area contributed by atoms with Crippen molar-refractivity contribution in [1.82, 2.24) is 20.0 Å². The van der Waals surface area contributed by atoms with Gasteiger partial charge in [0.2, 0.25) is 5.91 Å². The highest BCUT2D eigenvalue weighted by atomic mass is 16.5. The van der Waals surface area contributed by atoms with Crippen LogP contribution in [0.1, 0.15) is 36.2 Å². The monoisotopic (exact) mass is 354 g/mol. The van der Waals surface area contributed by atoms with Gasteiger partial charge in [0.05, 0.1) is 13.2 Å². The second-order valence-electron chi connectivity index (χ2n) is 6.57. The van der Waals surface area contributed by atoms with Gasteiger partial charge in [-0.15, -0.1) is 0 Å². The highest BCUT2D eigenvalue weighted by Gasteiger charge is 2.32. The van der Waals surface area contributed by atoms with E-state index in [-0.39, 0.29) is 11.9 Å². The van der Waals surface area contributed by atoms with Gasteiger partial charge in [0, 0.05) is 30.1 Å².